The molecule has 126 valence electrons. The molecular weight excluding hydrogens is 320 g/mol. The Morgan fingerprint density at radius 2 is 2.00 bits per heavy atom. The minimum Gasteiger partial charge on any atom is -0.465 e. The van der Waals surface area contributed by atoms with Crippen LogP contribution in [0.1, 0.15) is 32.1 Å². The lowest BCUT2D eigenvalue weighted by molar-refractivity contribution is -0.137. The summed E-state index contributed by atoms with van der Waals surface area (Å²) in [5, 5.41) is 21.0. The van der Waals surface area contributed by atoms with Crippen LogP contribution >= 0.6 is 11.6 Å². The average Bonchev–Trinajstić information content (AvgIpc) is 2.95. The number of pyridine rings is 1. The van der Waals surface area contributed by atoms with Crippen LogP contribution in [0.25, 0.3) is 0 Å². The van der Waals surface area contributed by atoms with Crippen molar-refractivity contribution in [3.63, 3.8) is 0 Å². The third kappa shape index (κ3) is 2.85. The molecule has 6 nitrogen and oxygen atoms in total. The Balaban J connectivity index is 1.92. The van der Waals surface area contributed by atoms with E-state index in [0.29, 0.717) is 18.0 Å². The third-order valence-electron chi connectivity index (χ3n) is 5.50. The van der Waals surface area contributed by atoms with Gasteiger partial charge in [-0.25, -0.2) is 4.79 Å². The molecule has 2 N–H and O–H groups in total. The minimum atomic E-state index is -1.08. The Labute approximate surface area is 139 Å². The molecule has 0 radical (unpaired) electrons. The second kappa shape index (κ2) is 5.83. The molecule has 1 aromatic rings. The van der Waals surface area contributed by atoms with Crippen LogP contribution in [0.5, 0.6) is 0 Å². The van der Waals surface area contributed by atoms with Gasteiger partial charge >= 0.3 is 6.09 Å². The van der Waals surface area contributed by atoms with Crippen LogP contribution in [0.2, 0.25) is 5.02 Å². The van der Waals surface area contributed by atoms with Crippen molar-refractivity contribution in [3.05, 3.63) is 33.7 Å². The fourth-order valence-corrected chi connectivity index (χ4v) is 4.31. The standard InChI is InChI=1S/C16H21ClN2O4/c17-12-3-7-18(13(20)9-12)11-16(23)6-8-19(14(21)22)10-15(16)4-1-2-5-15/h3,7,9,23H,1-2,4-6,8,10-11H2,(H,21,22). The predicted molar refractivity (Wildman–Crippen MR) is 85.8 cm³/mol. The minimum absolute atomic E-state index is 0.177. The quantitative estimate of drug-likeness (QED) is 0.864. The maximum atomic E-state index is 12.1. The van der Waals surface area contributed by atoms with Gasteiger partial charge < -0.3 is 19.7 Å². The molecule has 0 bridgehead atoms. The van der Waals surface area contributed by atoms with Crippen LogP contribution in [0.15, 0.2) is 23.1 Å². The molecule has 1 atom stereocenters. The number of amides is 1. The lowest BCUT2D eigenvalue weighted by Gasteiger charge is -2.51. The smallest absolute Gasteiger partial charge is 0.407 e. The van der Waals surface area contributed by atoms with Crippen molar-refractivity contribution in [2.45, 2.75) is 44.2 Å². The average molecular weight is 341 g/mol. The Morgan fingerprint density at radius 1 is 1.30 bits per heavy atom. The molecule has 1 amide bonds. The van der Waals surface area contributed by atoms with Gasteiger partial charge in [-0.1, -0.05) is 24.4 Å². The molecule has 2 aliphatic rings. The third-order valence-corrected chi connectivity index (χ3v) is 5.73. The van der Waals surface area contributed by atoms with Gasteiger partial charge in [0.15, 0.2) is 0 Å². The topological polar surface area (TPSA) is 82.8 Å². The second-order valence-corrected chi connectivity index (χ2v) is 7.22. The lowest BCUT2D eigenvalue weighted by Crippen LogP contribution is -2.62. The van der Waals surface area contributed by atoms with Gasteiger partial charge in [0.25, 0.3) is 5.56 Å². The predicted octanol–water partition coefficient (Wildman–Crippen LogP) is 2.18. The summed E-state index contributed by atoms with van der Waals surface area (Å²) in [6.45, 7) is 0.799. The van der Waals surface area contributed by atoms with E-state index in [2.05, 4.69) is 0 Å². The first kappa shape index (κ1) is 16.3. The summed E-state index contributed by atoms with van der Waals surface area (Å²) in [5.41, 5.74) is -1.80. The van der Waals surface area contributed by atoms with Crippen LogP contribution in [-0.4, -0.2) is 44.5 Å². The van der Waals surface area contributed by atoms with Crippen molar-refractivity contribution in [3.8, 4) is 0 Å². The Bertz CT molecular complexity index is 668. The molecule has 3 rings (SSSR count). The summed E-state index contributed by atoms with van der Waals surface area (Å²) in [4.78, 5) is 24.8. The number of aromatic nitrogens is 1. The maximum absolute atomic E-state index is 12.1. The van der Waals surface area contributed by atoms with E-state index in [1.54, 1.807) is 12.3 Å². The first-order valence-electron chi connectivity index (χ1n) is 7.92. The number of carboxylic acid groups (broad SMARTS) is 1. The fraction of sp³-hybridized carbons (Fsp3) is 0.625. The number of aliphatic hydroxyl groups is 1. The van der Waals surface area contributed by atoms with E-state index < -0.39 is 17.1 Å². The van der Waals surface area contributed by atoms with E-state index in [9.17, 15) is 19.8 Å². The molecular formula is C16H21ClN2O4. The van der Waals surface area contributed by atoms with E-state index in [-0.39, 0.29) is 18.6 Å². The zero-order valence-corrected chi connectivity index (χ0v) is 13.6. The van der Waals surface area contributed by atoms with Gasteiger partial charge in [0.2, 0.25) is 0 Å². The van der Waals surface area contributed by atoms with Gasteiger partial charge in [0.05, 0.1) is 12.1 Å². The summed E-state index contributed by atoms with van der Waals surface area (Å²) in [6.07, 6.45) is 4.52. The van der Waals surface area contributed by atoms with Crippen molar-refractivity contribution in [1.29, 1.82) is 0 Å². The van der Waals surface area contributed by atoms with Crippen LogP contribution < -0.4 is 5.56 Å². The fourth-order valence-electron chi connectivity index (χ4n) is 4.16. The second-order valence-electron chi connectivity index (χ2n) is 6.78. The highest BCUT2D eigenvalue weighted by Gasteiger charge is 2.55. The normalized spacial score (nSPS) is 26.6. The number of hydrogen-bond acceptors (Lipinski definition) is 3. The highest BCUT2D eigenvalue weighted by atomic mass is 35.5. The van der Waals surface area contributed by atoms with Crippen LogP contribution in [0.3, 0.4) is 0 Å². The number of carbonyl (C=O) groups is 1. The number of halogens is 1. The summed E-state index contributed by atoms with van der Waals surface area (Å²) in [6, 6.07) is 2.96. The largest absolute Gasteiger partial charge is 0.465 e. The van der Waals surface area contributed by atoms with Crippen molar-refractivity contribution in [1.82, 2.24) is 9.47 Å². The van der Waals surface area contributed by atoms with E-state index in [1.807, 2.05) is 0 Å². The summed E-state index contributed by atoms with van der Waals surface area (Å²) >= 11 is 5.82. The highest BCUT2D eigenvalue weighted by Crippen LogP contribution is 2.51. The molecule has 1 spiro atoms. The Kier molecular flexibility index (Phi) is 4.14. The number of rotatable bonds is 2. The van der Waals surface area contributed by atoms with Gasteiger partial charge in [-0.2, -0.15) is 0 Å². The lowest BCUT2D eigenvalue weighted by atomic mass is 9.66. The first-order chi connectivity index (χ1) is 10.9. The molecule has 1 saturated heterocycles. The Hall–Kier alpha value is -1.53. The molecule has 1 unspecified atom stereocenters. The summed E-state index contributed by atoms with van der Waals surface area (Å²) in [7, 11) is 0. The Morgan fingerprint density at radius 3 is 2.61 bits per heavy atom. The molecule has 1 aliphatic heterocycles. The highest BCUT2D eigenvalue weighted by molar-refractivity contribution is 6.30. The van der Waals surface area contributed by atoms with Gasteiger partial charge in [-0.3, -0.25) is 4.79 Å². The van der Waals surface area contributed by atoms with Crippen LogP contribution in [-0.2, 0) is 6.54 Å². The van der Waals surface area contributed by atoms with E-state index in [1.165, 1.54) is 15.5 Å². The van der Waals surface area contributed by atoms with Gasteiger partial charge in [0.1, 0.15) is 0 Å². The zero-order valence-electron chi connectivity index (χ0n) is 12.9. The molecule has 1 aliphatic carbocycles. The molecule has 1 saturated carbocycles. The van der Waals surface area contributed by atoms with Crippen molar-refractivity contribution in [2.75, 3.05) is 13.1 Å². The van der Waals surface area contributed by atoms with E-state index in [0.717, 1.165) is 25.7 Å². The number of likely N-dealkylation sites (tertiary alicyclic amines) is 1. The number of nitrogens with zero attached hydrogens (tertiary/aromatic N) is 2. The summed E-state index contributed by atoms with van der Waals surface area (Å²) < 4.78 is 1.47. The van der Waals surface area contributed by atoms with Crippen molar-refractivity contribution >= 4 is 17.7 Å². The van der Waals surface area contributed by atoms with Crippen LogP contribution in [0, 0.1) is 5.41 Å². The van der Waals surface area contributed by atoms with Crippen molar-refractivity contribution in [2.24, 2.45) is 5.41 Å². The van der Waals surface area contributed by atoms with Gasteiger partial charge in [-0.05, 0) is 25.3 Å². The van der Waals surface area contributed by atoms with Gasteiger partial charge in [-0.15, -0.1) is 0 Å². The first-order valence-corrected chi connectivity index (χ1v) is 8.29. The van der Waals surface area contributed by atoms with E-state index >= 15 is 0 Å². The van der Waals surface area contributed by atoms with Crippen molar-refractivity contribution < 1.29 is 15.0 Å². The number of hydrogen-bond donors (Lipinski definition) is 2. The van der Waals surface area contributed by atoms with Gasteiger partial charge in [0, 0.05) is 35.8 Å². The molecule has 2 fully saturated rings. The maximum Gasteiger partial charge on any atom is 0.407 e. The summed E-state index contributed by atoms with van der Waals surface area (Å²) in [5.74, 6) is 0. The molecule has 2 heterocycles. The molecule has 1 aromatic heterocycles. The monoisotopic (exact) mass is 340 g/mol. The number of piperidine rings is 1. The molecule has 0 aromatic carbocycles. The van der Waals surface area contributed by atoms with Crippen LogP contribution in [0.4, 0.5) is 4.79 Å². The molecule has 7 heteroatoms. The molecule has 23 heavy (non-hydrogen) atoms. The SMILES string of the molecule is O=C(O)N1CCC(O)(Cn2ccc(Cl)cc2=O)C2(CCCC2)C1. The van der Waals surface area contributed by atoms with E-state index in [4.69, 9.17) is 11.6 Å². The zero-order chi connectivity index (χ0) is 16.7.